The first-order chi connectivity index (χ1) is 26.2. The largest absolute Gasteiger partial charge is 0.748 e. The number of pyridine rings is 1. The number of hydrogen-bond acceptors (Lipinski definition) is 11. The molecule has 3 aliphatic heterocycles. The van der Waals surface area contributed by atoms with Crippen LogP contribution in [0.25, 0.3) is 0 Å². The summed E-state index contributed by atoms with van der Waals surface area (Å²) in [6, 6.07) is 6.44. The Kier molecular flexibility index (Phi) is 13.2. The Labute approximate surface area is 337 Å². The van der Waals surface area contributed by atoms with Crippen molar-refractivity contribution in [1.29, 1.82) is 0 Å². The number of carbonyl (C=O) groups excluding carboxylic acids is 3. The number of Topliss-reactive ketones (excluding diaryl/α,β-unsaturated/α-hetero) is 1. The number of aliphatic imine (C=N–C) groups is 1. The average Bonchev–Trinajstić information content (AvgIpc) is 3.64. The van der Waals surface area contributed by atoms with Crippen molar-refractivity contribution in [2.75, 3.05) is 23.7 Å². The van der Waals surface area contributed by atoms with Crippen molar-refractivity contribution in [3.05, 3.63) is 94.3 Å². The van der Waals surface area contributed by atoms with Gasteiger partial charge in [-0.3, -0.25) is 19.3 Å². The molecule has 300 valence electrons. The Morgan fingerprint density at radius 2 is 1.52 bits per heavy atom. The molecule has 2 aromatic rings. The number of amides is 2. The molecule has 0 aliphatic carbocycles. The molecule has 4 heterocycles. The third-order valence-electron chi connectivity index (χ3n) is 10.4. The molecule has 0 spiro atoms. The number of benzene rings is 1. The number of allylic oxidation sites excluding steroid dienone is 6. The molecule has 13 nitrogen and oxygen atoms in total. The average molecular weight is 871 g/mol. The fraction of sp³-hybridized carbons (Fsp3) is 0.425. The lowest BCUT2D eigenvalue weighted by molar-refractivity contribution is -0.684. The molecular formula is C40H46BrN4O9S2-. The van der Waals surface area contributed by atoms with Crippen LogP contribution in [0, 0.1) is 0 Å². The standard InChI is InChI=1S/C40H47BrN4O9S2/c1-39(2)32-25-28(41)27-43(21-12-24-55(49,50)51)38(32)42-34(39)15-8-5-9-16-35-40(3,4)31-26-30(56(52,53)54)17-18-33(31)44(35)22-10-6-7-13-29(46)14-11-23-45-36(47)19-20-37(45)48/h5,8-9,15-20,25-27H,6-7,10-14,21-24H2,1-4H3,(H-,49,50,51,52,53,54)/p-1. The number of halogens is 1. The molecule has 0 unspecified atom stereocenters. The molecule has 0 radical (unpaired) electrons. The molecule has 16 heteroatoms. The lowest BCUT2D eigenvalue weighted by atomic mass is 9.82. The number of hydrogen-bond donors (Lipinski definition) is 0. The Balaban J connectivity index is 1.26. The summed E-state index contributed by atoms with van der Waals surface area (Å²) in [4.78, 5) is 43.8. The molecule has 0 N–H and O–H groups in total. The maximum absolute atomic E-state index is 12.5. The van der Waals surface area contributed by atoms with E-state index in [4.69, 9.17) is 4.99 Å². The van der Waals surface area contributed by atoms with Gasteiger partial charge in [-0.1, -0.05) is 38.5 Å². The number of rotatable bonds is 18. The predicted octanol–water partition coefficient (Wildman–Crippen LogP) is 5.57. The molecule has 1 aromatic heterocycles. The summed E-state index contributed by atoms with van der Waals surface area (Å²) in [7, 11) is -9.00. The zero-order chi connectivity index (χ0) is 41.1. The van der Waals surface area contributed by atoms with Crippen molar-refractivity contribution in [3.8, 4) is 0 Å². The van der Waals surface area contributed by atoms with Crippen molar-refractivity contribution in [2.45, 2.75) is 94.9 Å². The molecule has 0 saturated heterocycles. The molecule has 3 aliphatic rings. The van der Waals surface area contributed by atoms with E-state index in [1.54, 1.807) is 6.07 Å². The Morgan fingerprint density at radius 3 is 2.20 bits per heavy atom. The summed E-state index contributed by atoms with van der Waals surface area (Å²) in [6.45, 7) is 9.19. The molecule has 2 amide bonds. The van der Waals surface area contributed by atoms with E-state index in [0.717, 1.165) is 50.4 Å². The second kappa shape index (κ2) is 17.2. The summed E-state index contributed by atoms with van der Waals surface area (Å²) in [5, 5.41) is 0. The molecular weight excluding hydrogens is 824 g/mol. The zero-order valence-electron chi connectivity index (χ0n) is 31.9. The number of ketones is 1. The number of anilines is 1. The monoisotopic (exact) mass is 869 g/mol. The minimum Gasteiger partial charge on any atom is -0.748 e. The minimum absolute atomic E-state index is 0.0752. The second-order valence-electron chi connectivity index (χ2n) is 15.1. The van der Waals surface area contributed by atoms with Crippen molar-refractivity contribution < 1.29 is 44.9 Å². The van der Waals surface area contributed by atoms with Crippen LogP contribution in [0.2, 0.25) is 0 Å². The van der Waals surface area contributed by atoms with Crippen molar-refractivity contribution in [3.63, 3.8) is 0 Å². The van der Waals surface area contributed by atoms with Crippen LogP contribution in [0.1, 0.15) is 83.8 Å². The number of carbonyl (C=O) groups is 3. The van der Waals surface area contributed by atoms with Gasteiger partial charge in [0.05, 0.1) is 37.0 Å². The molecule has 56 heavy (non-hydrogen) atoms. The number of unbranched alkanes of at least 4 members (excludes halogenated alkanes) is 2. The van der Waals surface area contributed by atoms with Crippen molar-refractivity contribution in [1.82, 2.24) is 4.90 Å². The summed E-state index contributed by atoms with van der Waals surface area (Å²) in [5.74, 6) is -0.400. The van der Waals surface area contributed by atoms with E-state index in [1.165, 1.54) is 24.3 Å². The van der Waals surface area contributed by atoms with Crippen LogP contribution in [0.3, 0.4) is 0 Å². The summed E-state index contributed by atoms with van der Waals surface area (Å²) < 4.78 is 72.0. The summed E-state index contributed by atoms with van der Waals surface area (Å²) in [5.41, 5.74) is 3.08. The van der Waals surface area contributed by atoms with Crippen molar-refractivity contribution in [2.24, 2.45) is 4.99 Å². The highest BCUT2D eigenvalue weighted by molar-refractivity contribution is 9.10. The highest BCUT2D eigenvalue weighted by atomic mass is 79.9. The van der Waals surface area contributed by atoms with Crippen LogP contribution < -0.4 is 9.47 Å². The highest BCUT2D eigenvalue weighted by Crippen LogP contribution is 2.48. The van der Waals surface area contributed by atoms with Gasteiger partial charge in [-0.2, -0.15) is 0 Å². The minimum atomic E-state index is -4.67. The van der Waals surface area contributed by atoms with Gasteiger partial charge in [-0.15, -0.1) is 0 Å². The van der Waals surface area contributed by atoms with E-state index in [0.29, 0.717) is 38.2 Å². The van der Waals surface area contributed by atoms with Gasteiger partial charge < -0.3 is 14.0 Å². The lowest BCUT2D eigenvalue weighted by Crippen LogP contribution is -2.36. The van der Waals surface area contributed by atoms with Gasteiger partial charge >= 0.3 is 5.82 Å². The van der Waals surface area contributed by atoms with Crippen LogP contribution >= 0.6 is 15.9 Å². The van der Waals surface area contributed by atoms with Gasteiger partial charge in [0.1, 0.15) is 22.1 Å². The van der Waals surface area contributed by atoms with Gasteiger partial charge in [0.2, 0.25) is 0 Å². The number of aromatic nitrogens is 1. The first kappa shape index (κ1) is 43.0. The third-order valence-corrected chi connectivity index (χ3v) is 12.4. The predicted molar refractivity (Wildman–Crippen MR) is 213 cm³/mol. The maximum atomic E-state index is 12.5. The zero-order valence-corrected chi connectivity index (χ0v) is 35.1. The van der Waals surface area contributed by atoms with E-state index in [9.17, 15) is 40.3 Å². The van der Waals surface area contributed by atoms with Crippen LogP contribution in [0.4, 0.5) is 11.5 Å². The Morgan fingerprint density at radius 1 is 0.839 bits per heavy atom. The Bertz CT molecular complexity index is 2270. The van der Waals surface area contributed by atoms with E-state index in [-0.39, 0.29) is 41.9 Å². The quantitative estimate of drug-likeness (QED) is 0.0603. The number of nitrogens with zero attached hydrogens (tertiary/aromatic N) is 4. The van der Waals surface area contributed by atoms with Gasteiger partial charge in [0.25, 0.3) is 11.8 Å². The van der Waals surface area contributed by atoms with Crippen LogP contribution in [-0.2, 0) is 52.0 Å². The van der Waals surface area contributed by atoms with E-state index < -0.39 is 36.8 Å². The van der Waals surface area contributed by atoms with E-state index in [1.807, 2.05) is 61.1 Å². The van der Waals surface area contributed by atoms with Gasteiger partial charge in [-0.25, -0.2) is 21.4 Å². The summed E-state index contributed by atoms with van der Waals surface area (Å²) >= 11 is 3.54. The molecule has 0 bridgehead atoms. The summed E-state index contributed by atoms with van der Waals surface area (Å²) in [6.07, 6.45) is 17.3. The third kappa shape index (κ3) is 10.1. The van der Waals surface area contributed by atoms with Crippen molar-refractivity contribution >= 4 is 71.0 Å². The number of imide groups is 1. The molecule has 0 atom stereocenters. The molecule has 1 aromatic carbocycles. The molecule has 0 saturated carbocycles. The molecule has 5 rings (SSSR count). The lowest BCUT2D eigenvalue weighted by Gasteiger charge is -2.27. The van der Waals surface area contributed by atoms with E-state index in [2.05, 4.69) is 34.7 Å². The SMILES string of the molecule is CC1(C)C(/C=C/C=C/C=C2\N(CCCCCC(=O)CCCN3C(=O)C=CC3=O)c3ccc(S(=O)(=O)[O-])cc3C2(C)C)=Nc2c1cc(Br)c[n+]2CCCS(=O)(=O)[O-]. The van der Waals surface area contributed by atoms with Gasteiger partial charge in [0.15, 0.2) is 5.71 Å². The first-order valence-corrected chi connectivity index (χ1v) is 22.2. The highest BCUT2D eigenvalue weighted by Gasteiger charge is 2.43. The molecule has 0 fully saturated rings. The maximum Gasteiger partial charge on any atom is 0.327 e. The normalized spacial score (nSPS) is 18.2. The second-order valence-corrected chi connectivity index (χ2v) is 19.0. The smallest absolute Gasteiger partial charge is 0.327 e. The van der Waals surface area contributed by atoms with Gasteiger partial charge in [-0.05, 0) is 102 Å². The van der Waals surface area contributed by atoms with Gasteiger partial charge in [0, 0.05) is 60.6 Å². The fourth-order valence-electron chi connectivity index (χ4n) is 7.30. The van der Waals surface area contributed by atoms with Crippen LogP contribution in [0.5, 0.6) is 0 Å². The number of aryl methyl sites for hydroxylation is 1. The first-order valence-electron chi connectivity index (χ1n) is 18.4. The van der Waals surface area contributed by atoms with Crippen LogP contribution in [0.15, 0.2) is 93.1 Å². The number of fused-ring (bicyclic) bond motifs is 2. The van der Waals surface area contributed by atoms with Crippen LogP contribution in [-0.4, -0.2) is 73.0 Å². The topological polar surface area (TPSA) is 188 Å². The fourth-order valence-corrected chi connectivity index (χ4v) is 8.75. The van der Waals surface area contributed by atoms with E-state index >= 15 is 0 Å². The Hall–Kier alpha value is -4.09.